The molecular formula is C95H138Cl2F2IN21O14. The Bertz CT molecular complexity index is 5150. The van der Waals surface area contributed by atoms with E-state index in [2.05, 4.69) is 88.3 Å². The van der Waals surface area contributed by atoms with Crippen LogP contribution >= 0.6 is 45.8 Å². The SMILES string of the molecule is C.CC(C)(C)OC(=O)N1CCn2ncc(I)c2C1.CC(C)(C)OC(=O)N1CCn2ncc(N3CCCC3CO)c2C1.COCC1CCCN1c1cnn2c1CN(C(=O)Cc1ccc(F)c(Cl)c1)CC2.COCC1CCCN1c1cnn2c1CN(C(=O)OC(C)(C)C)CC2.COCC1CCCN1c1cnn2c1CNCC2.O=C(Nc1ccc(F)c(Cl)c1)Oc1ccccc1.OCC1CCCN1. The third kappa shape index (κ3) is 29.5. The first-order valence-electron chi connectivity index (χ1n) is 46.4. The highest BCUT2D eigenvalue weighted by atomic mass is 127. The Morgan fingerprint density at radius 3 is 1.28 bits per heavy atom. The molecule has 8 aromatic rings. The van der Waals surface area contributed by atoms with E-state index in [0.717, 1.165) is 166 Å². The summed E-state index contributed by atoms with van der Waals surface area (Å²) in [6.07, 6.45) is 19.8. The van der Waals surface area contributed by atoms with Gasteiger partial charge in [-0.05, 0) is 204 Å². The van der Waals surface area contributed by atoms with Crippen molar-refractivity contribution in [3.63, 3.8) is 0 Å². The van der Waals surface area contributed by atoms with Gasteiger partial charge in [0.2, 0.25) is 5.91 Å². The predicted molar refractivity (Wildman–Crippen MR) is 523 cm³/mol. The molecular weight excluding hydrogens is 1890 g/mol. The van der Waals surface area contributed by atoms with Gasteiger partial charge in [0.05, 0.1) is 218 Å². The van der Waals surface area contributed by atoms with Gasteiger partial charge in [-0.1, -0.05) is 54.9 Å². The predicted octanol–water partition coefficient (Wildman–Crippen LogP) is 14.0. The Kier molecular flexibility index (Phi) is 38.9. The number of hydrogen-bond acceptors (Lipinski definition) is 25. The third-order valence-electron chi connectivity index (χ3n) is 24.3. The normalized spacial score (nSPS) is 19.3. The fraction of sp³-hybridized carbons (Fsp3) is 0.600. The third-order valence-corrected chi connectivity index (χ3v) is 25.8. The Morgan fingerprint density at radius 1 is 0.467 bits per heavy atom. The topological polar surface area (TPSA) is 342 Å². The number of anilines is 5. The largest absolute Gasteiger partial charge is 0.444 e. The second-order valence-corrected chi connectivity index (χ2v) is 39.5. The highest BCUT2D eigenvalue weighted by molar-refractivity contribution is 14.1. The lowest BCUT2D eigenvalue weighted by atomic mass is 10.1. The zero-order valence-corrected chi connectivity index (χ0v) is 83.0. The van der Waals surface area contributed by atoms with Gasteiger partial charge in [0, 0.05) is 98.5 Å². The van der Waals surface area contributed by atoms with Crippen LogP contribution in [-0.2, 0) is 105 Å². The standard InChI is InChI=1S/C20H24ClFN4O2.C17H28N4O3.C16H26N4O3.C13H9ClFNO2.C12H20N4O.C11H16IN3O2.C5H11NO.CH4/c1-28-13-15-3-2-6-25(15)18-11-23-26-8-7-24(12-19(18)26)20(27)10-14-4-5-17(22)16(21)9-14;1-17(2,3)24-16(22)19-8-9-21-15(11-19)14(10-18-21)20-7-5-6-13(20)12-23-4;1-16(2,3)23-15(22)18-7-8-20-14(10-18)13(9-17-20)19-6-4-5-12(19)11-21;14-11-8-9(6-7-12(11)15)16-13(17)18-10-4-2-1-3-5-10;1-17-9-10-3-2-5-15(10)11-8-14-16-6-4-13-7-12(11)16;1-11(2,3)17-10(16)14-4-5-15-9(7-14)8(12)6-13-15;7-4-5-2-1-3-6-5;/h4-5,9,11,15H,2-3,6-8,10,12-13H2,1H3;10,13H,5-9,11-12H2,1-4H3;9,12,21H,4-8,10-11H2,1-3H3;1-8H,(H,16,17);8,10,13H,2-7,9H2,1H3;6H,4-5,7H2,1-3H3;5-7H,1-4H2;1H4. The lowest BCUT2D eigenvalue weighted by Crippen LogP contribution is -2.42. The minimum absolute atomic E-state index is 0. The van der Waals surface area contributed by atoms with Crippen LogP contribution in [0.1, 0.15) is 168 Å². The van der Waals surface area contributed by atoms with Crippen molar-refractivity contribution in [3.05, 3.63) is 157 Å². The van der Waals surface area contributed by atoms with Crippen LogP contribution in [0.3, 0.4) is 0 Å². The van der Waals surface area contributed by atoms with Crippen LogP contribution in [0, 0.1) is 15.2 Å². The molecule has 3 aromatic carbocycles. The molecule has 10 aliphatic rings. The molecule has 0 radical (unpaired) electrons. The number of carbonyl (C=O) groups is 5. The first-order valence-corrected chi connectivity index (χ1v) is 48.2. The maximum Gasteiger partial charge on any atom is 0.417 e. The van der Waals surface area contributed by atoms with Crippen LogP contribution in [0.5, 0.6) is 5.75 Å². The number of benzene rings is 3. The zero-order chi connectivity index (χ0) is 96.0. The quantitative estimate of drug-likeness (QED) is 0.0443. The number of aromatic nitrogens is 10. The Hall–Kier alpha value is -9.65. The summed E-state index contributed by atoms with van der Waals surface area (Å²) in [5, 5.41) is 49.3. The van der Waals surface area contributed by atoms with Crippen LogP contribution in [0.25, 0.3) is 0 Å². The summed E-state index contributed by atoms with van der Waals surface area (Å²) in [5.74, 6) is -0.585. The minimum Gasteiger partial charge on any atom is -0.444 e. The van der Waals surface area contributed by atoms with Crippen LogP contribution < -0.4 is 40.3 Å². The number of halogens is 5. The molecule has 0 bridgehead atoms. The lowest BCUT2D eigenvalue weighted by molar-refractivity contribution is -0.132. The monoisotopic (exact) mass is 2030 g/mol. The van der Waals surface area contributed by atoms with E-state index in [1.165, 1.54) is 61.0 Å². The van der Waals surface area contributed by atoms with Gasteiger partial charge in [-0.2, -0.15) is 25.5 Å². The van der Waals surface area contributed by atoms with Gasteiger partial charge >= 0.3 is 24.4 Å². The first kappa shape index (κ1) is 106. The number of hydrogen-bond donors (Lipinski definition) is 5. The van der Waals surface area contributed by atoms with Crippen LogP contribution in [0.4, 0.5) is 56.4 Å². The summed E-state index contributed by atoms with van der Waals surface area (Å²) >= 11 is 13.7. The van der Waals surface area contributed by atoms with Crippen molar-refractivity contribution >= 4 is 105 Å². The maximum atomic E-state index is 13.3. The molecule has 35 nitrogen and oxygen atoms in total. The number of methoxy groups -OCH3 is 3. The summed E-state index contributed by atoms with van der Waals surface area (Å²) in [5.41, 5.74) is 9.85. The van der Waals surface area contributed by atoms with Gasteiger partial charge in [0.25, 0.3) is 0 Å². The molecule has 5 saturated heterocycles. The van der Waals surface area contributed by atoms with E-state index in [1.54, 1.807) is 66.4 Å². The molecule has 135 heavy (non-hydrogen) atoms. The number of nitrogens with zero attached hydrogens (tertiary/aromatic N) is 18. The number of nitrogens with one attached hydrogen (secondary N) is 3. The van der Waals surface area contributed by atoms with E-state index < -0.39 is 34.5 Å². The fourth-order valence-corrected chi connectivity index (χ4v) is 18.7. The van der Waals surface area contributed by atoms with Crippen molar-refractivity contribution in [1.82, 2.24) is 79.1 Å². The first-order chi connectivity index (χ1) is 64.2. The van der Waals surface area contributed by atoms with Crippen molar-refractivity contribution in [3.8, 4) is 5.75 Å². The molecule has 5 atom stereocenters. The molecule has 18 rings (SSSR count). The van der Waals surface area contributed by atoms with Crippen LogP contribution in [0.2, 0.25) is 10.0 Å². The van der Waals surface area contributed by atoms with E-state index in [-0.39, 0.29) is 60.7 Å². The van der Waals surface area contributed by atoms with Crippen molar-refractivity contribution < 1.29 is 76.1 Å². The number of aliphatic hydroxyl groups excluding tert-OH is 2. The van der Waals surface area contributed by atoms with Crippen molar-refractivity contribution in [2.24, 2.45) is 0 Å². The second kappa shape index (κ2) is 49.6. The molecule has 742 valence electrons. The Morgan fingerprint density at radius 2 is 0.867 bits per heavy atom. The maximum absolute atomic E-state index is 13.3. The summed E-state index contributed by atoms with van der Waals surface area (Å²) in [4.78, 5) is 77.5. The summed E-state index contributed by atoms with van der Waals surface area (Å²) in [7, 11) is 5.26. The smallest absolute Gasteiger partial charge is 0.417 e. The number of fused-ring (bicyclic) bond motifs is 5. The molecule has 0 aliphatic carbocycles. The molecule has 0 spiro atoms. The van der Waals surface area contributed by atoms with E-state index >= 15 is 0 Å². The number of amides is 5. The molecule has 0 saturated carbocycles. The number of aliphatic hydroxyl groups is 2. The van der Waals surface area contributed by atoms with E-state index in [9.17, 15) is 37.9 Å². The Labute approximate surface area is 815 Å². The molecule has 5 aromatic heterocycles. The minimum atomic E-state index is -0.663. The van der Waals surface area contributed by atoms with Crippen LogP contribution in [0.15, 0.2) is 97.7 Å². The van der Waals surface area contributed by atoms with E-state index in [1.807, 2.05) is 123 Å². The summed E-state index contributed by atoms with van der Waals surface area (Å²) < 4.78 is 74.8. The highest BCUT2D eigenvalue weighted by Gasteiger charge is 2.38. The number of para-hydroxylation sites is 1. The average Bonchev–Trinajstić information content (AvgIpc) is 1.65. The fourth-order valence-electron chi connectivity index (χ4n) is 17.8. The molecule has 15 heterocycles. The van der Waals surface area contributed by atoms with Gasteiger partial charge in [0.1, 0.15) is 34.2 Å². The van der Waals surface area contributed by atoms with Crippen molar-refractivity contribution in [2.75, 3.05) is 145 Å². The number of ether oxygens (including phenoxy) is 7. The zero-order valence-electron chi connectivity index (χ0n) is 79.3. The van der Waals surface area contributed by atoms with E-state index in [4.69, 9.17) is 61.5 Å². The average molecular weight is 2030 g/mol. The van der Waals surface area contributed by atoms with Crippen molar-refractivity contribution in [1.29, 1.82) is 0 Å². The van der Waals surface area contributed by atoms with Crippen molar-refractivity contribution in [2.45, 2.75) is 253 Å². The molecule has 5 N–H and O–H groups in total. The van der Waals surface area contributed by atoms with Gasteiger partial charge < -0.3 is 93.2 Å². The molecule has 5 unspecified atom stereocenters. The molecule has 5 amide bonds. The number of carbonyl (C=O) groups excluding carboxylic acids is 5. The van der Waals surface area contributed by atoms with E-state index in [0.29, 0.717) is 121 Å². The highest BCUT2D eigenvalue weighted by Crippen LogP contribution is 2.37. The second-order valence-electron chi connectivity index (χ2n) is 37.5. The van der Waals surface area contributed by atoms with Gasteiger partial charge in [0.15, 0.2) is 0 Å². The molecule has 5 fully saturated rings. The molecule has 10 aliphatic heterocycles. The Balaban J connectivity index is 0.000000154. The lowest BCUT2D eigenvalue weighted by Gasteiger charge is -2.32. The summed E-state index contributed by atoms with van der Waals surface area (Å²) in [6, 6.07) is 18.7. The summed E-state index contributed by atoms with van der Waals surface area (Å²) in [6.45, 7) is 35.1. The van der Waals surface area contributed by atoms with Gasteiger partial charge in [-0.15, -0.1) is 0 Å². The van der Waals surface area contributed by atoms with Gasteiger partial charge in [-0.25, -0.2) is 28.0 Å². The van der Waals surface area contributed by atoms with Gasteiger partial charge in [-0.3, -0.25) is 33.5 Å². The van der Waals surface area contributed by atoms with Crippen LogP contribution in [-0.4, -0.2) is 276 Å². The number of rotatable bonds is 16. The molecule has 40 heteroatoms.